The summed E-state index contributed by atoms with van der Waals surface area (Å²) in [6, 6.07) is 6.45. The molecule has 1 aromatic carbocycles. The van der Waals surface area contributed by atoms with E-state index in [2.05, 4.69) is 15.4 Å². The molecular formula is C24H24ClFN6O2. The van der Waals surface area contributed by atoms with Gasteiger partial charge < -0.3 is 15.2 Å². The van der Waals surface area contributed by atoms with Gasteiger partial charge in [0.25, 0.3) is 0 Å². The van der Waals surface area contributed by atoms with E-state index in [1.807, 2.05) is 37.8 Å². The molecule has 10 heteroatoms. The SMILES string of the molecule is CCn1nc(Cl)c2c1-c1cnc(NCO)c(c1)O[C@H](C)c1cc(F)ccc1-c1nn(C)cc1C2. The molecule has 4 heterocycles. The highest BCUT2D eigenvalue weighted by molar-refractivity contribution is 6.30. The van der Waals surface area contributed by atoms with E-state index >= 15 is 0 Å². The maximum absolute atomic E-state index is 14.3. The first-order valence-corrected chi connectivity index (χ1v) is 11.4. The summed E-state index contributed by atoms with van der Waals surface area (Å²) in [6.45, 7) is 4.14. The fourth-order valence-electron chi connectivity index (χ4n) is 4.47. The number of halogens is 2. The van der Waals surface area contributed by atoms with Crippen molar-refractivity contribution in [3.63, 3.8) is 0 Å². The summed E-state index contributed by atoms with van der Waals surface area (Å²) >= 11 is 6.64. The lowest BCUT2D eigenvalue weighted by Crippen LogP contribution is -2.11. The maximum atomic E-state index is 14.3. The van der Waals surface area contributed by atoms with Crippen LogP contribution in [0.3, 0.4) is 0 Å². The van der Waals surface area contributed by atoms with Crippen molar-refractivity contribution in [2.24, 2.45) is 7.05 Å². The molecule has 0 saturated carbocycles. The van der Waals surface area contributed by atoms with Gasteiger partial charge in [-0.05, 0) is 38.1 Å². The van der Waals surface area contributed by atoms with Gasteiger partial charge in [0.2, 0.25) is 0 Å². The molecule has 2 N–H and O–H groups in total. The molecule has 1 atom stereocenters. The Morgan fingerprint density at radius 3 is 2.88 bits per heavy atom. The van der Waals surface area contributed by atoms with Crippen LogP contribution in [0.1, 0.15) is 36.6 Å². The zero-order chi connectivity index (χ0) is 24.0. The summed E-state index contributed by atoms with van der Waals surface area (Å²) in [6.07, 6.45) is 3.59. The lowest BCUT2D eigenvalue weighted by atomic mass is 9.94. The third-order valence-corrected chi connectivity index (χ3v) is 6.26. The number of aliphatic hydroxyl groups is 1. The van der Waals surface area contributed by atoms with Crippen molar-refractivity contribution >= 4 is 17.4 Å². The van der Waals surface area contributed by atoms with Crippen molar-refractivity contribution in [2.75, 3.05) is 12.0 Å². The number of aryl methyl sites for hydroxylation is 2. The monoisotopic (exact) mass is 482 g/mol. The largest absolute Gasteiger partial charge is 0.482 e. The number of aliphatic hydroxyl groups excluding tert-OH is 1. The number of anilines is 1. The minimum atomic E-state index is -0.532. The Morgan fingerprint density at radius 2 is 2.12 bits per heavy atom. The number of aromatic nitrogens is 5. The lowest BCUT2D eigenvalue weighted by Gasteiger charge is -2.22. The summed E-state index contributed by atoms with van der Waals surface area (Å²) in [5.41, 5.74) is 5.53. The van der Waals surface area contributed by atoms with Gasteiger partial charge in [-0.15, -0.1) is 0 Å². The molecule has 0 aliphatic carbocycles. The normalized spacial score (nSPS) is 14.8. The van der Waals surface area contributed by atoms with Crippen LogP contribution in [0.25, 0.3) is 22.5 Å². The molecule has 1 aliphatic heterocycles. The summed E-state index contributed by atoms with van der Waals surface area (Å²) in [4.78, 5) is 4.49. The van der Waals surface area contributed by atoms with Crippen LogP contribution < -0.4 is 10.1 Å². The minimum absolute atomic E-state index is 0.316. The lowest BCUT2D eigenvalue weighted by molar-refractivity contribution is 0.226. The molecule has 0 spiro atoms. The van der Waals surface area contributed by atoms with E-state index in [-0.39, 0.29) is 12.5 Å². The van der Waals surface area contributed by atoms with Crippen molar-refractivity contribution in [2.45, 2.75) is 32.9 Å². The quantitative estimate of drug-likeness (QED) is 0.416. The van der Waals surface area contributed by atoms with Crippen LogP contribution >= 0.6 is 11.6 Å². The van der Waals surface area contributed by atoms with Crippen molar-refractivity contribution in [1.29, 1.82) is 0 Å². The second-order valence-corrected chi connectivity index (χ2v) is 8.54. The van der Waals surface area contributed by atoms with Crippen LogP contribution in [0.4, 0.5) is 10.2 Å². The van der Waals surface area contributed by atoms with Crippen LogP contribution in [0.5, 0.6) is 5.75 Å². The topological polar surface area (TPSA) is 90.0 Å². The molecule has 0 fully saturated rings. The van der Waals surface area contributed by atoms with Crippen LogP contribution in [0.15, 0.2) is 36.7 Å². The second-order valence-electron chi connectivity index (χ2n) is 8.18. The second kappa shape index (κ2) is 8.73. The summed E-state index contributed by atoms with van der Waals surface area (Å²) in [5.74, 6) is 0.428. The summed E-state index contributed by atoms with van der Waals surface area (Å²) in [5, 5.41) is 21.9. The Morgan fingerprint density at radius 1 is 1.29 bits per heavy atom. The van der Waals surface area contributed by atoms with Crippen LogP contribution in [0.2, 0.25) is 5.15 Å². The average molecular weight is 483 g/mol. The van der Waals surface area contributed by atoms with Gasteiger partial charge in [-0.25, -0.2) is 9.37 Å². The van der Waals surface area contributed by atoms with Crippen LogP contribution in [0, 0.1) is 5.82 Å². The molecule has 0 saturated heterocycles. The highest BCUT2D eigenvalue weighted by atomic mass is 35.5. The average Bonchev–Trinajstić information content (AvgIpc) is 3.33. The first-order chi connectivity index (χ1) is 16.4. The van der Waals surface area contributed by atoms with Gasteiger partial charge in [0.1, 0.15) is 18.7 Å². The van der Waals surface area contributed by atoms with Gasteiger partial charge in [0.15, 0.2) is 16.7 Å². The molecule has 0 unspecified atom stereocenters. The number of nitrogens with zero attached hydrogens (tertiary/aromatic N) is 5. The van der Waals surface area contributed by atoms with Crippen molar-refractivity contribution in [3.05, 3.63) is 64.3 Å². The Labute approximate surface area is 201 Å². The molecule has 4 aromatic rings. The fourth-order valence-corrected chi connectivity index (χ4v) is 4.72. The minimum Gasteiger partial charge on any atom is -0.482 e. The van der Waals surface area contributed by atoms with E-state index in [1.54, 1.807) is 16.9 Å². The third-order valence-electron chi connectivity index (χ3n) is 5.96. The highest BCUT2D eigenvalue weighted by Gasteiger charge is 2.26. The van der Waals surface area contributed by atoms with Crippen molar-refractivity contribution < 1.29 is 14.2 Å². The molecule has 5 rings (SSSR count). The van der Waals surface area contributed by atoms with Crippen molar-refractivity contribution in [3.8, 4) is 28.3 Å². The Bertz CT molecular complexity index is 1380. The van der Waals surface area contributed by atoms with Gasteiger partial charge >= 0.3 is 0 Å². The molecule has 1 aliphatic rings. The molecule has 2 bridgehead atoms. The predicted molar refractivity (Wildman–Crippen MR) is 127 cm³/mol. The van der Waals surface area contributed by atoms with Gasteiger partial charge in [-0.2, -0.15) is 10.2 Å². The van der Waals surface area contributed by atoms with Crippen LogP contribution in [-0.4, -0.2) is 36.4 Å². The molecule has 3 aromatic heterocycles. The Hall–Kier alpha value is -3.43. The number of rotatable bonds is 3. The third kappa shape index (κ3) is 3.80. The van der Waals surface area contributed by atoms with Gasteiger partial charge in [-0.1, -0.05) is 11.6 Å². The number of benzene rings is 1. The smallest absolute Gasteiger partial charge is 0.170 e. The number of nitrogens with one attached hydrogen (secondary N) is 1. The predicted octanol–water partition coefficient (Wildman–Crippen LogP) is 4.56. The fraction of sp³-hybridized carbons (Fsp3) is 0.292. The number of fused-ring (bicyclic) bond motifs is 7. The first kappa shape index (κ1) is 22.4. The molecule has 8 nitrogen and oxygen atoms in total. The zero-order valence-electron chi connectivity index (χ0n) is 19.0. The number of hydrogen-bond acceptors (Lipinski definition) is 6. The molecule has 176 valence electrons. The van der Waals surface area contributed by atoms with E-state index in [4.69, 9.17) is 21.4 Å². The first-order valence-electron chi connectivity index (χ1n) is 11.0. The summed E-state index contributed by atoms with van der Waals surface area (Å²) < 4.78 is 24.2. The van der Waals surface area contributed by atoms with Gasteiger partial charge in [-0.3, -0.25) is 9.36 Å². The van der Waals surface area contributed by atoms with E-state index < -0.39 is 6.10 Å². The Balaban J connectivity index is 1.82. The van der Waals surface area contributed by atoms with Crippen LogP contribution in [-0.2, 0) is 20.0 Å². The molecule has 0 amide bonds. The van der Waals surface area contributed by atoms with Gasteiger partial charge in [0.05, 0.1) is 11.4 Å². The van der Waals surface area contributed by atoms with E-state index in [0.717, 1.165) is 33.6 Å². The zero-order valence-corrected chi connectivity index (χ0v) is 19.8. The molecular weight excluding hydrogens is 459 g/mol. The number of hydrogen-bond donors (Lipinski definition) is 2. The van der Waals surface area contributed by atoms with E-state index in [1.165, 1.54) is 12.1 Å². The molecule has 0 radical (unpaired) electrons. The van der Waals surface area contributed by atoms with Crippen molar-refractivity contribution in [1.82, 2.24) is 24.5 Å². The van der Waals surface area contributed by atoms with E-state index in [9.17, 15) is 9.50 Å². The number of ether oxygens (including phenoxy) is 1. The maximum Gasteiger partial charge on any atom is 0.170 e. The molecule has 34 heavy (non-hydrogen) atoms. The summed E-state index contributed by atoms with van der Waals surface area (Å²) in [7, 11) is 1.85. The van der Waals surface area contributed by atoms with E-state index in [0.29, 0.717) is 35.2 Å². The number of pyridine rings is 1. The highest BCUT2D eigenvalue weighted by Crippen LogP contribution is 2.40. The Kier molecular flexibility index (Phi) is 5.75. The standard InChI is InChI=1S/C24H24ClFN6O2/c1-4-32-22-14-8-20(24(27-10-14)28-12-33)34-13(2)18-9-16(26)5-6-17(18)21-15(11-31(3)29-21)7-19(22)23(25)30-32/h5-6,8-11,13,33H,4,7,12H2,1-3H3,(H,27,28)/t13-/m1/s1. The van der Waals surface area contributed by atoms with Gasteiger partial charge in [0, 0.05) is 60.2 Å².